The summed E-state index contributed by atoms with van der Waals surface area (Å²) in [6.07, 6.45) is 1.16. The number of carbonyl (C=O) groups excluding carboxylic acids is 2. The third-order valence-corrected chi connectivity index (χ3v) is 6.11. The summed E-state index contributed by atoms with van der Waals surface area (Å²) < 4.78 is 30.9. The average Bonchev–Trinajstić information content (AvgIpc) is 2.79. The minimum Gasteiger partial charge on any atom is -0.462 e. The van der Waals surface area contributed by atoms with Crippen LogP contribution in [-0.2, 0) is 21.3 Å². The van der Waals surface area contributed by atoms with Gasteiger partial charge in [-0.25, -0.2) is 13.2 Å². The Morgan fingerprint density at radius 2 is 1.58 bits per heavy atom. The predicted octanol–water partition coefficient (Wildman–Crippen LogP) is 4.39. The molecule has 3 rings (SSSR count). The van der Waals surface area contributed by atoms with Gasteiger partial charge in [0.15, 0.2) is 0 Å². The molecule has 3 aromatic rings. The van der Waals surface area contributed by atoms with Crippen LogP contribution in [-0.4, -0.2) is 33.2 Å². The smallest absolute Gasteiger partial charge is 0.338 e. The Morgan fingerprint density at radius 3 is 2.15 bits per heavy atom. The van der Waals surface area contributed by atoms with Gasteiger partial charge < -0.3 is 10.1 Å². The van der Waals surface area contributed by atoms with Gasteiger partial charge in [-0.3, -0.25) is 9.10 Å². The molecule has 7 nitrogen and oxygen atoms in total. The highest BCUT2D eigenvalue weighted by Crippen LogP contribution is 2.21. The summed E-state index contributed by atoms with van der Waals surface area (Å²) in [5, 5.41) is 2.84. The van der Waals surface area contributed by atoms with E-state index in [-0.39, 0.29) is 12.5 Å². The van der Waals surface area contributed by atoms with Gasteiger partial charge in [-0.15, -0.1) is 0 Å². The number of aryl methyl sites for hydroxylation is 1. The number of nitrogens with zero attached hydrogens (tertiary/aromatic N) is 1. The fourth-order valence-corrected chi connectivity index (χ4v) is 4.15. The summed E-state index contributed by atoms with van der Waals surface area (Å²) in [5.74, 6) is -0.718. The molecule has 0 radical (unpaired) electrons. The molecule has 0 saturated heterocycles. The lowest BCUT2D eigenvalue weighted by Gasteiger charge is -2.22. The SMILES string of the molecule is CCOC(=O)c1ccc(NC(=O)c2ccc(CN(c3ccccc3)S(C)(=O)=O)cc2)c(C)c1. The van der Waals surface area contributed by atoms with Crippen molar-refractivity contribution in [1.29, 1.82) is 0 Å². The van der Waals surface area contributed by atoms with Crippen LogP contribution in [0.5, 0.6) is 0 Å². The Bertz CT molecular complexity index is 1240. The summed E-state index contributed by atoms with van der Waals surface area (Å²) in [5.41, 5.74) is 3.49. The number of para-hydroxylation sites is 1. The molecule has 1 amide bonds. The first-order chi connectivity index (χ1) is 15.7. The van der Waals surface area contributed by atoms with Gasteiger partial charge in [0.25, 0.3) is 5.91 Å². The van der Waals surface area contributed by atoms with Gasteiger partial charge in [-0.1, -0.05) is 30.3 Å². The minimum absolute atomic E-state index is 0.152. The van der Waals surface area contributed by atoms with Gasteiger partial charge in [0, 0.05) is 11.3 Å². The van der Waals surface area contributed by atoms with Crippen LogP contribution < -0.4 is 9.62 Å². The maximum Gasteiger partial charge on any atom is 0.338 e. The molecule has 0 heterocycles. The van der Waals surface area contributed by atoms with Gasteiger partial charge >= 0.3 is 5.97 Å². The van der Waals surface area contributed by atoms with E-state index in [0.29, 0.717) is 29.1 Å². The fraction of sp³-hybridized carbons (Fsp3) is 0.200. The van der Waals surface area contributed by atoms with Crippen molar-refractivity contribution in [3.63, 3.8) is 0 Å². The number of nitrogens with one attached hydrogen (secondary N) is 1. The van der Waals surface area contributed by atoms with Crippen LogP contribution in [0.4, 0.5) is 11.4 Å². The number of rotatable bonds is 8. The minimum atomic E-state index is -3.48. The summed E-state index contributed by atoms with van der Waals surface area (Å²) in [7, 11) is -3.48. The van der Waals surface area contributed by atoms with E-state index in [2.05, 4.69) is 5.32 Å². The molecule has 0 aliphatic carbocycles. The molecule has 0 atom stereocenters. The van der Waals surface area contributed by atoms with Gasteiger partial charge in [0.2, 0.25) is 10.0 Å². The zero-order chi connectivity index (χ0) is 24.0. The molecule has 1 N–H and O–H groups in total. The van der Waals surface area contributed by atoms with Crippen LogP contribution in [0, 0.1) is 6.92 Å². The summed E-state index contributed by atoms with van der Waals surface area (Å²) in [6.45, 7) is 3.98. The zero-order valence-corrected chi connectivity index (χ0v) is 19.6. The first kappa shape index (κ1) is 24.0. The molecule has 3 aromatic carbocycles. The number of carbonyl (C=O) groups is 2. The lowest BCUT2D eigenvalue weighted by molar-refractivity contribution is 0.0526. The molecule has 0 aliphatic rings. The number of benzene rings is 3. The van der Waals surface area contributed by atoms with Crippen LogP contribution in [0.15, 0.2) is 72.8 Å². The van der Waals surface area contributed by atoms with Crippen molar-refractivity contribution in [2.24, 2.45) is 0 Å². The van der Waals surface area contributed by atoms with Gasteiger partial charge in [0.05, 0.1) is 30.7 Å². The predicted molar refractivity (Wildman–Crippen MR) is 129 cm³/mol. The monoisotopic (exact) mass is 466 g/mol. The topological polar surface area (TPSA) is 92.8 Å². The molecule has 0 aliphatic heterocycles. The van der Waals surface area contributed by atoms with Gasteiger partial charge in [-0.2, -0.15) is 0 Å². The van der Waals surface area contributed by atoms with Crippen molar-refractivity contribution in [2.45, 2.75) is 20.4 Å². The quantitative estimate of drug-likeness (QED) is 0.497. The van der Waals surface area contributed by atoms with E-state index >= 15 is 0 Å². The average molecular weight is 467 g/mol. The van der Waals surface area contributed by atoms with E-state index in [1.807, 2.05) is 6.07 Å². The second-order valence-corrected chi connectivity index (χ2v) is 9.41. The third kappa shape index (κ3) is 6.20. The first-order valence-corrected chi connectivity index (χ1v) is 12.2. The van der Waals surface area contributed by atoms with Gasteiger partial charge in [-0.05, 0) is 67.4 Å². The van der Waals surface area contributed by atoms with E-state index in [9.17, 15) is 18.0 Å². The number of esters is 1. The van der Waals surface area contributed by atoms with Crippen molar-refractivity contribution >= 4 is 33.3 Å². The van der Waals surface area contributed by atoms with Crippen molar-refractivity contribution < 1.29 is 22.7 Å². The molecule has 0 unspecified atom stereocenters. The molecule has 33 heavy (non-hydrogen) atoms. The number of sulfonamides is 1. The van der Waals surface area contributed by atoms with E-state index < -0.39 is 16.0 Å². The van der Waals surface area contributed by atoms with Crippen LogP contribution in [0.2, 0.25) is 0 Å². The summed E-state index contributed by atoms with van der Waals surface area (Å²) in [4.78, 5) is 24.6. The largest absolute Gasteiger partial charge is 0.462 e. The lowest BCUT2D eigenvalue weighted by Crippen LogP contribution is -2.29. The highest BCUT2D eigenvalue weighted by Gasteiger charge is 2.18. The van der Waals surface area contributed by atoms with Crippen LogP contribution in [0.3, 0.4) is 0 Å². The molecule has 0 spiro atoms. The molecular formula is C25H26N2O5S. The van der Waals surface area contributed by atoms with Crippen LogP contribution in [0.25, 0.3) is 0 Å². The van der Waals surface area contributed by atoms with E-state index in [4.69, 9.17) is 4.74 Å². The van der Waals surface area contributed by atoms with Crippen molar-refractivity contribution in [3.8, 4) is 0 Å². The van der Waals surface area contributed by atoms with Crippen LogP contribution >= 0.6 is 0 Å². The van der Waals surface area contributed by atoms with Gasteiger partial charge in [0.1, 0.15) is 0 Å². The lowest BCUT2D eigenvalue weighted by atomic mass is 10.1. The molecule has 8 heteroatoms. The maximum atomic E-state index is 12.7. The number of hydrogen-bond acceptors (Lipinski definition) is 5. The Morgan fingerprint density at radius 1 is 0.939 bits per heavy atom. The zero-order valence-electron chi connectivity index (χ0n) is 18.7. The third-order valence-electron chi connectivity index (χ3n) is 4.97. The molecule has 0 bridgehead atoms. The summed E-state index contributed by atoms with van der Waals surface area (Å²) >= 11 is 0. The second-order valence-electron chi connectivity index (χ2n) is 7.51. The van der Waals surface area contributed by atoms with E-state index in [1.165, 1.54) is 4.31 Å². The van der Waals surface area contributed by atoms with Crippen molar-refractivity contribution in [1.82, 2.24) is 0 Å². The second kappa shape index (κ2) is 10.3. The molecule has 0 saturated carbocycles. The number of hydrogen-bond donors (Lipinski definition) is 1. The van der Waals surface area contributed by atoms with Crippen molar-refractivity contribution in [3.05, 3.63) is 95.1 Å². The Balaban J connectivity index is 1.72. The Hall–Kier alpha value is -3.65. The maximum absolute atomic E-state index is 12.7. The molecule has 0 fully saturated rings. The first-order valence-electron chi connectivity index (χ1n) is 10.4. The van der Waals surface area contributed by atoms with Crippen molar-refractivity contribution in [2.75, 3.05) is 22.5 Å². The van der Waals surface area contributed by atoms with E-state index in [1.54, 1.807) is 80.6 Å². The Labute approximate surface area is 194 Å². The van der Waals surface area contributed by atoms with Crippen LogP contribution in [0.1, 0.15) is 38.8 Å². The molecule has 0 aromatic heterocycles. The summed E-state index contributed by atoms with van der Waals surface area (Å²) in [6, 6.07) is 20.5. The molecule has 172 valence electrons. The number of amides is 1. The Kier molecular flexibility index (Phi) is 7.50. The normalized spacial score (nSPS) is 11.0. The van der Waals surface area contributed by atoms with E-state index in [0.717, 1.165) is 17.4 Å². The number of ether oxygens (including phenoxy) is 1. The highest BCUT2D eigenvalue weighted by atomic mass is 32.2. The molecular weight excluding hydrogens is 440 g/mol. The standard InChI is InChI=1S/C25H26N2O5S/c1-4-32-25(29)21-14-15-23(18(2)16-21)26-24(28)20-12-10-19(11-13-20)17-27(33(3,30)31)22-8-6-5-7-9-22/h5-16H,4,17H2,1-3H3,(H,26,28). The fourth-order valence-electron chi connectivity index (χ4n) is 3.26. The highest BCUT2D eigenvalue weighted by molar-refractivity contribution is 7.92. The number of anilines is 2.